The summed E-state index contributed by atoms with van der Waals surface area (Å²) in [6.45, 7) is 12.2. The van der Waals surface area contributed by atoms with E-state index in [9.17, 15) is 4.39 Å². The van der Waals surface area contributed by atoms with Gasteiger partial charge in [0.15, 0.2) is 0 Å². The summed E-state index contributed by atoms with van der Waals surface area (Å²) in [7, 11) is 0. The summed E-state index contributed by atoms with van der Waals surface area (Å²) in [5.74, 6) is 3.87. The Balaban J connectivity index is 0.000000970. The zero-order valence-electron chi connectivity index (χ0n) is 23.0. The lowest BCUT2D eigenvalue weighted by Gasteiger charge is -2.37. The zero-order chi connectivity index (χ0) is 24.9. The van der Waals surface area contributed by atoms with Gasteiger partial charge in [0.05, 0.1) is 0 Å². The van der Waals surface area contributed by atoms with Crippen molar-refractivity contribution in [2.45, 2.75) is 112 Å². The average molecular weight is 467 g/mol. The van der Waals surface area contributed by atoms with E-state index in [1.54, 1.807) is 6.07 Å². The van der Waals surface area contributed by atoms with Crippen LogP contribution in [0.3, 0.4) is 0 Å². The first-order valence-electron chi connectivity index (χ1n) is 14.4. The molecule has 190 valence electrons. The Kier molecular flexibility index (Phi) is 12.9. The SMILES string of the molecule is CC.CC.Cc1ccc(Cc2ccc(CCC3CCC(C4CCC(C)CC4)CC3)cc2)cc1F. The third-order valence-corrected chi connectivity index (χ3v) is 8.13. The van der Waals surface area contributed by atoms with Gasteiger partial charge in [0.25, 0.3) is 0 Å². The van der Waals surface area contributed by atoms with E-state index in [0.29, 0.717) is 0 Å². The molecule has 0 nitrogen and oxygen atoms in total. The second-order valence-electron chi connectivity index (χ2n) is 10.4. The van der Waals surface area contributed by atoms with E-state index in [2.05, 4.69) is 31.2 Å². The van der Waals surface area contributed by atoms with Crippen LogP contribution in [0.25, 0.3) is 0 Å². The summed E-state index contributed by atoms with van der Waals surface area (Å²) in [5, 5.41) is 0. The summed E-state index contributed by atoms with van der Waals surface area (Å²) >= 11 is 0. The van der Waals surface area contributed by atoms with Crippen molar-refractivity contribution in [1.82, 2.24) is 0 Å². The molecule has 0 atom stereocenters. The fourth-order valence-corrected chi connectivity index (χ4v) is 5.88. The molecule has 0 amide bonds. The first-order chi connectivity index (χ1) is 16.6. The topological polar surface area (TPSA) is 0 Å². The molecule has 0 aromatic heterocycles. The fourth-order valence-electron chi connectivity index (χ4n) is 5.88. The highest BCUT2D eigenvalue weighted by Crippen LogP contribution is 2.42. The standard InChI is InChI=1S/C29H39F.2C2H6/c1-21-3-15-27(16-4-21)28-17-13-24(14-18-28)8-7-23-9-11-25(12-10-23)19-26-6-5-22(2)29(30)20-26;2*1-2/h5-6,9-12,20-21,24,27-28H,3-4,7-8,13-19H2,1-2H3;2*1-2H3. The predicted octanol–water partition coefficient (Wildman–Crippen LogP) is 10.3. The van der Waals surface area contributed by atoms with Crippen LogP contribution in [0.4, 0.5) is 4.39 Å². The highest BCUT2D eigenvalue weighted by atomic mass is 19.1. The predicted molar refractivity (Wildman–Crippen MR) is 148 cm³/mol. The molecule has 0 spiro atoms. The maximum Gasteiger partial charge on any atom is 0.126 e. The highest BCUT2D eigenvalue weighted by molar-refractivity contribution is 5.31. The lowest BCUT2D eigenvalue weighted by molar-refractivity contribution is 0.148. The number of aryl methyl sites for hydroxylation is 2. The molecule has 0 saturated heterocycles. The van der Waals surface area contributed by atoms with Gasteiger partial charge in [-0.15, -0.1) is 0 Å². The van der Waals surface area contributed by atoms with Crippen molar-refractivity contribution in [2.75, 3.05) is 0 Å². The lowest BCUT2D eigenvalue weighted by Crippen LogP contribution is -2.25. The van der Waals surface area contributed by atoms with Crippen LogP contribution in [0.15, 0.2) is 42.5 Å². The molecule has 2 saturated carbocycles. The molecule has 2 aromatic rings. The Labute approximate surface area is 210 Å². The summed E-state index contributed by atoms with van der Waals surface area (Å²) in [5.41, 5.74) is 4.49. The monoisotopic (exact) mass is 466 g/mol. The molecular weight excluding hydrogens is 415 g/mol. The van der Waals surface area contributed by atoms with Gasteiger partial charge in [-0.05, 0) is 104 Å². The van der Waals surface area contributed by atoms with Crippen LogP contribution in [0, 0.1) is 36.4 Å². The quantitative estimate of drug-likeness (QED) is 0.397. The molecule has 2 aliphatic rings. The Bertz CT molecular complexity index is 790. The zero-order valence-corrected chi connectivity index (χ0v) is 23.0. The maximum absolute atomic E-state index is 13.8. The van der Waals surface area contributed by atoms with Crippen LogP contribution < -0.4 is 0 Å². The van der Waals surface area contributed by atoms with Gasteiger partial charge in [-0.25, -0.2) is 4.39 Å². The lowest BCUT2D eigenvalue weighted by atomic mass is 9.69. The van der Waals surface area contributed by atoms with Gasteiger partial charge in [-0.3, -0.25) is 0 Å². The molecule has 2 aliphatic carbocycles. The number of hydrogen-bond acceptors (Lipinski definition) is 0. The van der Waals surface area contributed by atoms with Crippen molar-refractivity contribution in [1.29, 1.82) is 0 Å². The molecule has 2 aromatic carbocycles. The van der Waals surface area contributed by atoms with E-state index in [0.717, 1.165) is 41.2 Å². The molecule has 0 N–H and O–H groups in total. The van der Waals surface area contributed by atoms with E-state index < -0.39 is 0 Å². The number of benzene rings is 2. The van der Waals surface area contributed by atoms with Crippen LogP contribution in [-0.4, -0.2) is 0 Å². The second-order valence-corrected chi connectivity index (χ2v) is 10.4. The molecule has 34 heavy (non-hydrogen) atoms. The highest BCUT2D eigenvalue weighted by Gasteiger charge is 2.29. The number of halogens is 1. The minimum Gasteiger partial charge on any atom is -0.207 e. The van der Waals surface area contributed by atoms with E-state index >= 15 is 0 Å². The van der Waals surface area contributed by atoms with Gasteiger partial charge in [-0.2, -0.15) is 0 Å². The normalized spacial score (nSPS) is 24.3. The molecule has 1 heteroatoms. The summed E-state index contributed by atoms with van der Waals surface area (Å²) in [6, 6.07) is 14.6. The Morgan fingerprint density at radius 1 is 0.676 bits per heavy atom. The van der Waals surface area contributed by atoms with Crippen LogP contribution in [0.5, 0.6) is 0 Å². The smallest absolute Gasteiger partial charge is 0.126 e. The van der Waals surface area contributed by atoms with Crippen molar-refractivity contribution in [3.63, 3.8) is 0 Å². The molecule has 0 bridgehead atoms. The third-order valence-electron chi connectivity index (χ3n) is 8.13. The summed E-state index contributed by atoms with van der Waals surface area (Å²) in [4.78, 5) is 0. The van der Waals surface area contributed by atoms with Gasteiger partial charge in [0, 0.05) is 0 Å². The van der Waals surface area contributed by atoms with E-state index in [-0.39, 0.29) is 5.82 Å². The van der Waals surface area contributed by atoms with Gasteiger partial charge in [0.1, 0.15) is 5.82 Å². The summed E-state index contributed by atoms with van der Waals surface area (Å²) < 4.78 is 13.8. The first-order valence-corrected chi connectivity index (χ1v) is 14.4. The number of rotatable bonds is 6. The molecule has 2 fully saturated rings. The first kappa shape index (κ1) is 28.6. The molecular formula is C33H51F. The Morgan fingerprint density at radius 3 is 1.74 bits per heavy atom. The molecule has 0 unspecified atom stereocenters. The number of hydrogen-bond donors (Lipinski definition) is 0. The summed E-state index contributed by atoms with van der Waals surface area (Å²) in [6.07, 6.45) is 15.2. The average Bonchev–Trinajstić information content (AvgIpc) is 2.89. The molecule has 0 radical (unpaired) electrons. The minimum atomic E-state index is -0.100. The Hall–Kier alpha value is -1.63. The van der Waals surface area contributed by atoms with Crippen molar-refractivity contribution in [2.24, 2.45) is 23.7 Å². The van der Waals surface area contributed by atoms with Gasteiger partial charge >= 0.3 is 0 Å². The van der Waals surface area contributed by atoms with E-state index in [1.807, 2.05) is 46.8 Å². The van der Waals surface area contributed by atoms with Gasteiger partial charge < -0.3 is 0 Å². The second kappa shape index (κ2) is 15.4. The van der Waals surface area contributed by atoms with Crippen molar-refractivity contribution >= 4 is 0 Å². The van der Waals surface area contributed by atoms with Crippen molar-refractivity contribution in [3.8, 4) is 0 Å². The van der Waals surface area contributed by atoms with Crippen LogP contribution in [0.1, 0.15) is 115 Å². The van der Waals surface area contributed by atoms with Crippen LogP contribution in [0.2, 0.25) is 0 Å². The minimum absolute atomic E-state index is 0.100. The van der Waals surface area contributed by atoms with Crippen molar-refractivity contribution in [3.05, 3.63) is 70.5 Å². The molecule has 0 aliphatic heterocycles. The van der Waals surface area contributed by atoms with E-state index in [1.165, 1.54) is 75.3 Å². The Morgan fingerprint density at radius 2 is 1.18 bits per heavy atom. The molecule has 4 rings (SSSR count). The maximum atomic E-state index is 13.8. The van der Waals surface area contributed by atoms with Crippen LogP contribution in [-0.2, 0) is 12.8 Å². The van der Waals surface area contributed by atoms with Crippen LogP contribution >= 0.6 is 0 Å². The van der Waals surface area contributed by atoms with Gasteiger partial charge in [0.2, 0.25) is 0 Å². The molecule has 0 heterocycles. The van der Waals surface area contributed by atoms with Crippen molar-refractivity contribution < 1.29 is 4.39 Å². The van der Waals surface area contributed by atoms with Gasteiger partial charge in [-0.1, -0.05) is 96.7 Å². The largest absolute Gasteiger partial charge is 0.207 e. The van der Waals surface area contributed by atoms with E-state index in [4.69, 9.17) is 0 Å². The fraction of sp³-hybridized carbons (Fsp3) is 0.636. The third kappa shape index (κ3) is 8.86.